The van der Waals surface area contributed by atoms with Crippen molar-refractivity contribution in [2.75, 3.05) is 19.6 Å². The average molecular weight is 276 g/mol. The van der Waals surface area contributed by atoms with Gasteiger partial charge in [-0.25, -0.2) is 0 Å². The molecule has 1 amide bonds. The van der Waals surface area contributed by atoms with Crippen LogP contribution in [-0.4, -0.2) is 40.2 Å². The summed E-state index contributed by atoms with van der Waals surface area (Å²) in [5.74, 6) is 0.0400. The summed E-state index contributed by atoms with van der Waals surface area (Å²) < 4.78 is 1.78. The van der Waals surface area contributed by atoms with Crippen molar-refractivity contribution in [2.24, 2.45) is 7.05 Å². The van der Waals surface area contributed by atoms with Crippen LogP contribution in [0.5, 0.6) is 0 Å². The Hall–Kier alpha value is -1.88. The molecule has 0 aliphatic carbocycles. The third-order valence-corrected chi connectivity index (χ3v) is 3.13. The van der Waals surface area contributed by atoms with E-state index in [1.54, 1.807) is 21.7 Å². The smallest absolute Gasteiger partial charge is 0.237 e. The standard InChI is InChI=1S/C15H24N4O/c1-6-8-19(9-7-2)15(20)10-16-12(3)14-11-18(5)17-13(14)4/h6-7,11-12,16H,1-2,8-10H2,3-5H3/t12-/m1/s1. The third kappa shape index (κ3) is 4.35. The molecule has 1 rings (SSSR count). The van der Waals surface area contributed by atoms with E-state index in [4.69, 9.17) is 0 Å². The topological polar surface area (TPSA) is 50.2 Å². The first-order valence-corrected chi connectivity index (χ1v) is 6.72. The summed E-state index contributed by atoms with van der Waals surface area (Å²) in [7, 11) is 1.89. The van der Waals surface area contributed by atoms with Crippen molar-refractivity contribution < 1.29 is 4.79 Å². The molecule has 0 unspecified atom stereocenters. The fraction of sp³-hybridized carbons (Fsp3) is 0.467. The van der Waals surface area contributed by atoms with Gasteiger partial charge in [-0.3, -0.25) is 9.48 Å². The first-order chi connectivity index (χ1) is 9.49. The molecule has 0 saturated heterocycles. The van der Waals surface area contributed by atoms with E-state index in [-0.39, 0.29) is 18.5 Å². The number of nitrogens with one attached hydrogen (secondary N) is 1. The molecule has 0 aliphatic rings. The molecule has 0 aliphatic heterocycles. The molecule has 0 spiro atoms. The summed E-state index contributed by atoms with van der Waals surface area (Å²) in [4.78, 5) is 13.8. The minimum atomic E-state index is 0.0400. The second kappa shape index (κ2) is 7.65. The Balaban J connectivity index is 2.56. The molecular weight excluding hydrogens is 252 g/mol. The lowest BCUT2D eigenvalue weighted by Crippen LogP contribution is -2.39. The summed E-state index contributed by atoms with van der Waals surface area (Å²) in [6, 6.07) is 0.0852. The quantitative estimate of drug-likeness (QED) is 0.733. The first-order valence-electron chi connectivity index (χ1n) is 6.72. The van der Waals surface area contributed by atoms with Gasteiger partial charge in [-0.05, 0) is 13.8 Å². The molecular formula is C15H24N4O. The molecule has 0 saturated carbocycles. The number of aryl methyl sites for hydroxylation is 2. The Kier molecular flexibility index (Phi) is 6.18. The number of carbonyl (C=O) groups is 1. The predicted molar refractivity (Wildman–Crippen MR) is 81.3 cm³/mol. The molecule has 5 heteroatoms. The Morgan fingerprint density at radius 3 is 2.55 bits per heavy atom. The molecule has 1 aromatic heterocycles. The van der Waals surface area contributed by atoms with Crippen LogP contribution in [-0.2, 0) is 11.8 Å². The van der Waals surface area contributed by atoms with Crippen LogP contribution in [0.1, 0.15) is 24.2 Å². The number of amides is 1. The number of nitrogens with zero attached hydrogens (tertiary/aromatic N) is 3. The van der Waals surface area contributed by atoms with Gasteiger partial charge in [0.2, 0.25) is 5.91 Å². The van der Waals surface area contributed by atoms with Gasteiger partial charge < -0.3 is 10.2 Å². The van der Waals surface area contributed by atoms with Crippen molar-refractivity contribution in [3.63, 3.8) is 0 Å². The van der Waals surface area contributed by atoms with Crippen LogP contribution in [0.15, 0.2) is 31.5 Å². The molecule has 1 atom stereocenters. The minimum absolute atomic E-state index is 0.0400. The van der Waals surface area contributed by atoms with E-state index in [9.17, 15) is 4.79 Å². The number of hydrogen-bond donors (Lipinski definition) is 1. The molecule has 0 radical (unpaired) electrons. The van der Waals surface area contributed by atoms with Gasteiger partial charge in [0.25, 0.3) is 0 Å². The van der Waals surface area contributed by atoms with E-state index in [1.807, 2.05) is 27.1 Å². The van der Waals surface area contributed by atoms with Crippen LogP contribution < -0.4 is 5.32 Å². The van der Waals surface area contributed by atoms with Crippen LogP contribution in [0.2, 0.25) is 0 Å². The van der Waals surface area contributed by atoms with Gasteiger partial charge in [0.15, 0.2) is 0 Å². The van der Waals surface area contributed by atoms with Gasteiger partial charge in [-0.15, -0.1) is 13.2 Å². The Morgan fingerprint density at radius 1 is 1.50 bits per heavy atom. The lowest BCUT2D eigenvalue weighted by Gasteiger charge is -2.21. The second-order valence-corrected chi connectivity index (χ2v) is 4.82. The van der Waals surface area contributed by atoms with E-state index >= 15 is 0 Å². The Morgan fingerprint density at radius 2 is 2.10 bits per heavy atom. The molecule has 1 aromatic rings. The van der Waals surface area contributed by atoms with Crippen molar-refractivity contribution in [3.05, 3.63) is 42.8 Å². The van der Waals surface area contributed by atoms with Crippen molar-refractivity contribution in [3.8, 4) is 0 Å². The SMILES string of the molecule is C=CCN(CC=C)C(=O)CN[C@H](C)c1cn(C)nc1C. The van der Waals surface area contributed by atoms with Crippen molar-refractivity contribution >= 4 is 5.91 Å². The van der Waals surface area contributed by atoms with Gasteiger partial charge >= 0.3 is 0 Å². The van der Waals surface area contributed by atoms with Crippen LogP contribution >= 0.6 is 0 Å². The highest BCUT2D eigenvalue weighted by Crippen LogP contribution is 2.15. The van der Waals surface area contributed by atoms with Gasteiger partial charge in [0.1, 0.15) is 0 Å². The largest absolute Gasteiger partial charge is 0.334 e. The lowest BCUT2D eigenvalue weighted by molar-refractivity contribution is -0.129. The number of carbonyl (C=O) groups excluding carboxylic acids is 1. The second-order valence-electron chi connectivity index (χ2n) is 4.82. The summed E-state index contributed by atoms with van der Waals surface area (Å²) in [6.07, 6.45) is 5.41. The van der Waals surface area contributed by atoms with Gasteiger partial charge in [0, 0.05) is 37.9 Å². The predicted octanol–water partition coefficient (Wildman–Crippen LogP) is 1.58. The van der Waals surface area contributed by atoms with Crippen LogP contribution in [0.25, 0.3) is 0 Å². The van der Waals surface area contributed by atoms with Gasteiger partial charge in [-0.2, -0.15) is 5.10 Å². The zero-order valence-corrected chi connectivity index (χ0v) is 12.6. The maximum absolute atomic E-state index is 12.1. The summed E-state index contributed by atoms with van der Waals surface area (Å²) in [6.45, 7) is 12.7. The van der Waals surface area contributed by atoms with Gasteiger partial charge in [0.05, 0.1) is 12.2 Å². The molecule has 5 nitrogen and oxygen atoms in total. The lowest BCUT2D eigenvalue weighted by atomic mass is 10.1. The molecule has 0 bridgehead atoms. The van der Waals surface area contributed by atoms with Crippen molar-refractivity contribution in [1.82, 2.24) is 20.0 Å². The monoisotopic (exact) mass is 276 g/mol. The highest BCUT2D eigenvalue weighted by molar-refractivity contribution is 5.78. The number of rotatable bonds is 8. The van der Waals surface area contributed by atoms with E-state index in [2.05, 4.69) is 23.6 Å². The first kappa shape index (κ1) is 16.2. The zero-order chi connectivity index (χ0) is 15.1. The summed E-state index contributed by atoms with van der Waals surface area (Å²) >= 11 is 0. The van der Waals surface area contributed by atoms with Crippen LogP contribution in [0.3, 0.4) is 0 Å². The Labute approximate surface area is 121 Å². The fourth-order valence-corrected chi connectivity index (χ4v) is 2.10. The van der Waals surface area contributed by atoms with Crippen LogP contribution in [0, 0.1) is 6.92 Å². The fourth-order valence-electron chi connectivity index (χ4n) is 2.10. The molecule has 110 valence electrons. The van der Waals surface area contributed by atoms with Crippen molar-refractivity contribution in [1.29, 1.82) is 0 Å². The summed E-state index contributed by atoms with van der Waals surface area (Å²) in [5.41, 5.74) is 2.09. The van der Waals surface area contributed by atoms with Gasteiger partial charge in [-0.1, -0.05) is 12.2 Å². The zero-order valence-electron chi connectivity index (χ0n) is 12.6. The van der Waals surface area contributed by atoms with E-state index in [0.717, 1.165) is 11.3 Å². The number of hydrogen-bond acceptors (Lipinski definition) is 3. The van der Waals surface area contributed by atoms with Crippen LogP contribution in [0.4, 0.5) is 0 Å². The third-order valence-electron chi connectivity index (χ3n) is 3.13. The summed E-state index contributed by atoms with van der Waals surface area (Å²) in [5, 5.41) is 7.55. The molecule has 1 heterocycles. The van der Waals surface area contributed by atoms with E-state index in [1.165, 1.54) is 0 Å². The molecule has 0 aromatic carbocycles. The highest BCUT2D eigenvalue weighted by Gasteiger charge is 2.15. The maximum atomic E-state index is 12.1. The van der Waals surface area contributed by atoms with Crippen molar-refractivity contribution in [2.45, 2.75) is 19.9 Å². The molecule has 1 N–H and O–H groups in total. The van der Waals surface area contributed by atoms with E-state index < -0.39 is 0 Å². The molecule has 20 heavy (non-hydrogen) atoms. The number of aromatic nitrogens is 2. The Bertz CT molecular complexity index is 468. The van der Waals surface area contributed by atoms with E-state index in [0.29, 0.717) is 13.1 Å². The average Bonchev–Trinajstić information content (AvgIpc) is 2.74. The maximum Gasteiger partial charge on any atom is 0.237 e. The highest BCUT2D eigenvalue weighted by atomic mass is 16.2. The minimum Gasteiger partial charge on any atom is -0.334 e. The normalized spacial score (nSPS) is 11.9. The molecule has 0 fully saturated rings.